The lowest BCUT2D eigenvalue weighted by atomic mass is 10.5. The van der Waals surface area contributed by atoms with E-state index >= 15 is 0 Å². The number of pyridine rings is 1. The SMILES string of the molecule is CC(Sc1ncc(F)cc1F)C(=O)O. The molecule has 1 N–H and O–H groups in total. The highest BCUT2D eigenvalue weighted by Crippen LogP contribution is 2.23. The Morgan fingerprint density at radius 3 is 2.79 bits per heavy atom. The molecule has 0 saturated carbocycles. The van der Waals surface area contributed by atoms with Gasteiger partial charge in [-0.05, 0) is 6.92 Å². The lowest BCUT2D eigenvalue weighted by Gasteiger charge is -2.05. The highest BCUT2D eigenvalue weighted by molar-refractivity contribution is 8.00. The van der Waals surface area contributed by atoms with Crippen molar-refractivity contribution in [2.75, 3.05) is 0 Å². The van der Waals surface area contributed by atoms with E-state index in [-0.39, 0.29) is 5.03 Å². The predicted octanol–water partition coefficient (Wildman–Crippen LogP) is 1.93. The molecule has 0 aliphatic rings. The molecule has 1 unspecified atom stereocenters. The standard InChI is InChI=1S/C8H7F2NO2S/c1-4(8(12)13)14-7-6(10)2-5(9)3-11-7/h2-4H,1H3,(H,12,13). The Hall–Kier alpha value is -1.17. The van der Waals surface area contributed by atoms with Gasteiger partial charge in [-0.1, -0.05) is 11.8 Å². The number of halogens is 2. The molecule has 0 amide bonds. The molecule has 6 heteroatoms. The second-order valence-corrected chi connectivity index (χ2v) is 3.87. The van der Waals surface area contributed by atoms with Crippen LogP contribution in [0.15, 0.2) is 17.3 Å². The number of hydrogen-bond acceptors (Lipinski definition) is 3. The first-order valence-electron chi connectivity index (χ1n) is 3.71. The molecule has 0 aliphatic heterocycles. The molecule has 0 bridgehead atoms. The molecular formula is C8H7F2NO2S. The Morgan fingerprint density at radius 2 is 2.29 bits per heavy atom. The van der Waals surface area contributed by atoms with E-state index < -0.39 is 22.9 Å². The highest BCUT2D eigenvalue weighted by atomic mass is 32.2. The summed E-state index contributed by atoms with van der Waals surface area (Å²) < 4.78 is 25.4. The lowest BCUT2D eigenvalue weighted by molar-refractivity contribution is -0.136. The van der Waals surface area contributed by atoms with E-state index in [4.69, 9.17) is 5.11 Å². The van der Waals surface area contributed by atoms with Crippen molar-refractivity contribution in [2.24, 2.45) is 0 Å². The Bertz CT molecular complexity index is 359. The molecule has 0 aromatic carbocycles. The van der Waals surface area contributed by atoms with Crippen molar-refractivity contribution in [1.29, 1.82) is 0 Å². The largest absolute Gasteiger partial charge is 0.480 e. The fourth-order valence-corrected chi connectivity index (χ4v) is 1.43. The van der Waals surface area contributed by atoms with Crippen LogP contribution in [0.3, 0.4) is 0 Å². The number of carbonyl (C=O) groups is 1. The van der Waals surface area contributed by atoms with Gasteiger partial charge < -0.3 is 5.11 Å². The number of aliphatic carboxylic acids is 1. The average Bonchev–Trinajstić information content (AvgIpc) is 2.09. The zero-order valence-electron chi connectivity index (χ0n) is 7.20. The van der Waals surface area contributed by atoms with E-state index in [1.165, 1.54) is 6.92 Å². The molecular weight excluding hydrogens is 212 g/mol. The van der Waals surface area contributed by atoms with Gasteiger partial charge in [0, 0.05) is 6.07 Å². The van der Waals surface area contributed by atoms with Crippen LogP contribution in [0.25, 0.3) is 0 Å². The number of carboxylic acids is 1. The van der Waals surface area contributed by atoms with Gasteiger partial charge in [0.1, 0.15) is 16.1 Å². The van der Waals surface area contributed by atoms with Crippen molar-refractivity contribution in [3.8, 4) is 0 Å². The highest BCUT2D eigenvalue weighted by Gasteiger charge is 2.16. The summed E-state index contributed by atoms with van der Waals surface area (Å²) in [5, 5.41) is 7.62. The van der Waals surface area contributed by atoms with E-state index in [1.54, 1.807) is 0 Å². The Kier molecular flexibility index (Phi) is 3.40. The number of hydrogen-bond donors (Lipinski definition) is 1. The molecule has 0 radical (unpaired) electrons. The van der Waals surface area contributed by atoms with E-state index in [0.29, 0.717) is 6.07 Å². The molecule has 0 aliphatic carbocycles. The van der Waals surface area contributed by atoms with Gasteiger partial charge in [0.05, 0.1) is 6.20 Å². The molecule has 76 valence electrons. The molecule has 0 saturated heterocycles. The molecule has 1 atom stereocenters. The average molecular weight is 219 g/mol. The van der Waals surface area contributed by atoms with Crippen molar-refractivity contribution in [2.45, 2.75) is 17.2 Å². The maximum absolute atomic E-state index is 13.0. The fourth-order valence-electron chi connectivity index (χ4n) is 0.707. The Balaban J connectivity index is 2.82. The minimum atomic E-state index is -1.07. The number of carboxylic acid groups (broad SMARTS) is 1. The summed E-state index contributed by atoms with van der Waals surface area (Å²) in [5.74, 6) is -2.70. The van der Waals surface area contributed by atoms with Crippen molar-refractivity contribution in [3.05, 3.63) is 23.9 Å². The molecule has 14 heavy (non-hydrogen) atoms. The molecule has 3 nitrogen and oxygen atoms in total. The first-order chi connectivity index (χ1) is 6.50. The number of nitrogens with zero attached hydrogens (tertiary/aromatic N) is 1. The number of thioether (sulfide) groups is 1. The minimum Gasteiger partial charge on any atom is -0.480 e. The van der Waals surface area contributed by atoms with Gasteiger partial charge in [0.15, 0.2) is 5.82 Å². The third-order valence-electron chi connectivity index (χ3n) is 1.41. The van der Waals surface area contributed by atoms with Crippen LogP contribution < -0.4 is 0 Å². The van der Waals surface area contributed by atoms with Gasteiger partial charge in [0.2, 0.25) is 0 Å². The minimum absolute atomic E-state index is 0.110. The number of rotatable bonds is 3. The van der Waals surface area contributed by atoms with Gasteiger partial charge in [-0.15, -0.1) is 0 Å². The van der Waals surface area contributed by atoms with Gasteiger partial charge in [-0.25, -0.2) is 13.8 Å². The summed E-state index contributed by atoms with van der Waals surface area (Å²) in [6.07, 6.45) is 0.847. The van der Waals surface area contributed by atoms with E-state index in [1.807, 2.05) is 0 Å². The van der Waals surface area contributed by atoms with E-state index in [0.717, 1.165) is 18.0 Å². The summed E-state index contributed by atoms with van der Waals surface area (Å²) in [4.78, 5) is 13.9. The zero-order valence-corrected chi connectivity index (χ0v) is 8.02. The summed E-state index contributed by atoms with van der Waals surface area (Å²) in [7, 11) is 0. The molecule has 0 spiro atoms. The molecule has 1 aromatic rings. The Morgan fingerprint density at radius 1 is 1.64 bits per heavy atom. The quantitative estimate of drug-likeness (QED) is 0.789. The van der Waals surface area contributed by atoms with Crippen LogP contribution >= 0.6 is 11.8 Å². The van der Waals surface area contributed by atoms with Gasteiger partial charge in [-0.3, -0.25) is 4.79 Å². The predicted molar refractivity (Wildman–Crippen MR) is 47.1 cm³/mol. The fraction of sp³-hybridized carbons (Fsp3) is 0.250. The normalized spacial score (nSPS) is 12.5. The van der Waals surface area contributed by atoms with Gasteiger partial charge in [0.25, 0.3) is 0 Å². The smallest absolute Gasteiger partial charge is 0.316 e. The summed E-state index contributed by atoms with van der Waals surface area (Å²) in [6, 6.07) is 0.671. The van der Waals surface area contributed by atoms with E-state index in [9.17, 15) is 13.6 Å². The Labute approximate surface area is 83.2 Å². The lowest BCUT2D eigenvalue weighted by Crippen LogP contribution is -2.11. The van der Waals surface area contributed by atoms with Crippen molar-refractivity contribution in [1.82, 2.24) is 4.98 Å². The van der Waals surface area contributed by atoms with E-state index in [2.05, 4.69) is 4.98 Å². The van der Waals surface area contributed by atoms with Crippen molar-refractivity contribution >= 4 is 17.7 Å². The topological polar surface area (TPSA) is 50.2 Å². The van der Waals surface area contributed by atoms with Crippen molar-refractivity contribution in [3.63, 3.8) is 0 Å². The van der Waals surface area contributed by atoms with Crippen LogP contribution in [0.1, 0.15) is 6.92 Å². The maximum Gasteiger partial charge on any atom is 0.316 e. The first-order valence-corrected chi connectivity index (χ1v) is 4.59. The van der Waals surface area contributed by atoms with Crippen molar-refractivity contribution < 1.29 is 18.7 Å². The molecule has 1 heterocycles. The summed E-state index contributed by atoms with van der Waals surface area (Å²) in [6.45, 7) is 1.40. The van der Waals surface area contributed by atoms with Crippen LogP contribution in [0.2, 0.25) is 0 Å². The van der Waals surface area contributed by atoms with Gasteiger partial charge >= 0.3 is 5.97 Å². The van der Waals surface area contributed by atoms with Crippen LogP contribution in [0.5, 0.6) is 0 Å². The summed E-state index contributed by atoms with van der Waals surface area (Å²) >= 11 is 0.735. The monoisotopic (exact) mass is 219 g/mol. The maximum atomic E-state index is 13.0. The van der Waals surface area contributed by atoms with Crippen LogP contribution in [0.4, 0.5) is 8.78 Å². The van der Waals surface area contributed by atoms with Crippen LogP contribution in [-0.4, -0.2) is 21.3 Å². The molecule has 0 fully saturated rings. The van der Waals surface area contributed by atoms with Gasteiger partial charge in [-0.2, -0.15) is 0 Å². The number of aromatic nitrogens is 1. The molecule has 1 aromatic heterocycles. The summed E-state index contributed by atoms with van der Waals surface area (Å²) in [5.41, 5.74) is 0. The third kappa shape index (κ3) is 2.66. The third-order valence-corrected chi connectivity index (χ3v) is 2.49. The second kappa shape index (κ2) is 4.36. The zero-order chi connectivity index (χ0) is 10.7. The first kappa shape index (κ1) is 10.9. The second-order valence-electron chi connectivity index (χ2n) is 2.54. The van der Waals surface area contributed by atoms with Crippen LogP contribution in [-0.2, 0) is 4.79 Å². The molecule has 1 rings (SSSR count). The van der Waals surface area contributed by atoms with Crippen LogP contribution in [0, 0.1) is 11.6 Å².